The van der Waals surface area contributed by atoms with Crippen LogP contribution in [-0.4, -0.2) is 23.2 Å². The molecule has 0 radical (unpaired) electrons. The lowest BCUT2D eigenvalue weighted by atomic mass is 10.1. The van der Waals surface area contributed by atoms with Gasteiger partial charge >= 0.3 is 8.32 Å². The van der Waals surface area contributed by atoms with Gasteiger partial charge in [-0.25, -0.2) is 0 Å². The second-order valence-electron chi connectivity index (χ2n) is 14.0. The lowest BCUT2D eigenvalue weighted by Gasteiger charge is -2.43. The third-order valence-corrected chi connectivity index (χ3v) is 18.9. The molecule has 232 valence electrons. The maximum absolute atomic E-state index is 7.22. The summed E-state index contributed by atoms with van der Waals surface area (Å²) >= 11 is 0. The Morgan fingerprint density at radius 2 is 0.800 bits per heavy atom. The molecule has 0 amide bonds. The SMILES string of the molecule is CC(C)(C)[Si](OCCCc1ccc(O[Si](c2ccccc2)(c2ccccc2)C(C)(C)C)cc1)(c1ccccc1)c1ccccc1. The third-order valence-electron chi connectivity index (χ3n) is 8.96. The highest BCUT2D eigenvalue weighted by atomic mass is 28.4. The van der Waals surface area contributed by atoms with Crippen LogP contribution in [0.4, 0.5) is 0 Å². The molecule has 0 bridgehead atoms. The van der Waals surface area contributed by atoms with Crippen molar-refractivity contribution in [3.63, 3.8) is 0 Å². The normalized spacial score (nSPS) is 12.6. The smallest absolute Gasteiger partial charge is 0.319 e. The van der Waals surface area contributed by atoms with Crippen LogP contribution in [0.15, 0.2) is 146 Å². The molecule has 0 aromatic heterocycles. The van der Waals surface area contributed by atoms with Gasteiger partial charge in [-0.15, -0.1) is 0 Å². The van der Waals surface area contributed by atoms with Crippen molar-refractivity contribution in [2.24, 2.45) is 0 Å². The Morgan fingerprint density at radius 3 is 1.16 bits per heavy atom. The molecule has 4 heteroatoms. The Labute approximate surface area is 273 Å². The predicted molar refractivity (Wildman–Crippen MR) is 197 cm³/mol. The zero-order valence-corrected chi connectivity index (χ0v) is 29.8. The summed E-state index contributed by atoms with van der Waals surface area (Å²) in [7, 11) is -5.18. The summed E-state index contributed by atoms with van der Waals surface area (Å²) in [6.45, 7) is 14.7. The van der Waals surface area contributed by atoms with Gasteiger partial charge in [0.05, 0.1) is 0 Å². The summed E-state index contributed by atoms with van der Waals surface area (Å²) in [5, 5.41) is 5.13. The number of benzene rings is 5. The summed E-state index contributed by atoms with van der Waals surface area (Å²) in [5.41, 5.74) is 1.30. The molecule has 0 heterocycles. The van der Waals surface area contributed by atoms with Crippen molar-refractivity contribution in [1.29, 1.82) is 0 Å². The van der Waals surface area contributed by atoms with Gasteiger partial charge in [-0.1, -0.05) is 175 Å². The van der Waals surface area contributed by atoms with Crippen molar-refractivity contribution in [3.05, 3.63) is 151 Å². The first kappa shape index (κ1) is 32.7. The van der Waals surface area contributed by atoms with E-state index in [2.05, 4.69) is 187 Å². The van der Waals surface area contributed by atoms with Gasteiger partial charge in [-0.3, -0.25) is 0 Å². The largest absolute Gasteiger partial charge is 0.534 e. The molecule has 0 aliphatic rings. The van der Waals surface area contributed by atoms with E-state index in [0.717, 1.165) is 18.6 Å². The van der Waals surface area contributed by atoms with Crippen LogP contribution in [0.5, 0.6) is 5.75 Å². The third kappa shape index (κ3) is 6.79. The van der Waals surface area contributed by atoms with Gasteiger partial charge in [0, 0.05) is 6.61 Å². The molecule has 0 saturated heterocycles. The van der Waals surface area contributed by atoms with E-state index in [1.165, 1.54) is 26.3 Å². The fourth-order valence-electron chi connectivity index (χ4n) is 6.81. The van der Waals surface area contributed by atoms with Gasteiger partial charge in [0.25, 0.3) is 8.32 Å². The number of hydrogen-bond acceptors (Lipinski definition) is 2. The molecule has 0 saturated carbocycles. The Bertz CT molecular complexity index is 1530. The summed E-state index contributed by atoms with van der Waals surface area (Å²) in [6.07, 6.45) is 1.91. The molecular formula is C41H48O2Si2. The van der Waals surface area contributed by atoms with E-state index < -0.39 is 16.6 Å². The minimum Gasteiger partial charge on any atom is -0.534 e. The van der Waals surface area contributed by atoms with Crippen LogP contribution < -0.4 is 25.2 Å². The summed E-state index contributed by atoms with van der Waals surface area (Å²) < 4.78 is 14.4. The van der Waals surface area contributed by atoms with E-state index >= 15 is 0 Å². The van der Waals surface area contributed by atoms with Crippen LogP contribution in [0, 0.1) is 0 Å². The second kappa shape index (κ2) is 13.7. The molecule has 0 fully saturated rings. The maximum Gasteiger partial charge on any atom is 0.319 e. The molecule has 0 spiro atoms. The van der Waals surface area contributed by atoms with Gasteiger partial charge in [0.15, 0.2) is 0 Å². The van der Waals surface area contributed by atoms with Gasteiger partial charge in [-0.05, 0) is 61.4 Å². The highest BCUT2D eigenvalue weighted by molar-refractivity contribution is 7.00. The topological polar surface area (TPSA) is 18.5 Å². The molecule has 5 aromatic carbocycles. The van der Waals surface area contributed by atoms with Crippen LogP contribution in [0.1, 0.15) is 53.5 Å². The van der Waals surface area contributed by atoms with E-state index in [1.807, 2.05) is 0 Å². The maximum atomic E-state index is 7.22. The van der Waals surface area contributed by atoms with Gasteiger partial charge in [-0.2, -0.15) is 0 Å². The molecule has 0 N–H and O–H groups in total. The van der Waals surface area contributed by atoms with E-state index in [1.54, 1.807) is 0 Å². The minimum atomic E-state index is -2.66. The quantitative estimate of drug-likeness (QED) is 0.109. The van der Waals surface area contributed by atoms with Crippen LogP contribution in [0.25, 0.3) is 0 Å². The molecule has 5 aromatic rings. The van der Waals surface area contributed by atoms with Crippen LogP contribution in [0.2, 0.25) is 10.1 Å². The van der Waals surface area contributed by atoms with Crippen LogP contribution in [-0.2, 0) is 10.8 Å². The van der Waals surface area contributed by atoms with Gasteiger partial charge in [0.1, 0.15) is 5.75 Å². The van der Waals surface area contributed by atoms with Crippen LogP contribution >= 0.6 is 0 Å². The Kier molecular flexibility index (Phi) is 9.98. The fourth-order valence-corrected chi connectivity index (χ4v) is 15.8. The van der Waals surface area contributed by atoms with E-state index in [-0.39, 0.29) is 10.1 Å². The van der Waals surface area contributed by atoms with Crippen LogP contribution in [0.3, 0.4) is 0 Å². The van der Waals surface area contributed by atoms with Crippen molar-refractivity contribution >= 4 is 37.4 Å². The highest BCUT2D eigenvalue weighted by Gasteiger charge is 2.52. The molecule has 5 rings (SSSR count). The van der Waals surface area contributed by atoms with E-state index in [4.69, 9.17) is 8.85 Å². The highest BCUT2D eigenvalue weighted by Crippen LogP contribution is 2.38. The first-order valence-electron chi connectivity index (χ1n) is 16.2. The van der Waals surface area contributed by atoms with E-state index in [0.29, 0.717) is 6.61 Å². The first-order chi connectivity index (χ1) is 21.6. The fraction of sp³-hybridized carbons (Fsp3) is 0.268. The van der Waals surface area contributed by atoms with Crippen molar-refractivity contribution in [2.75, 3.05) is 6.61 Å². The molecule has 0 aliphatic carbocycles. The molecular weight excluding hydrogens is 581 g/mol. The minimum absolute atomic E-state index is 0.0182. The Hall–Kier alpha value is -3.71. The monoisotopic (exact) mass is 628 g/mol. The molecule has 0 atom stereocenters. The number of rotatable bonds is 11. The van der Waals surface area contributed by atoms with Gasteiger partial charge < -0.3 is 8.85 Å². The first-order valence-corrected chi connectivity index (χ1v) is 20.0. The van der Waals surface area contributed by atoms with Crippen molar-refractivity contribution < 1.29 is 8.85 Å². The Morgan fingerprint density at radius 1 is 0.444 bits per heavy atom. The van der Waals surface area contributed by atoms with Crippen molar-refractivity contribution in [2.45, 2.75) is 64.5 Å². The zero-order chi connectivity index (χ0) is 32.0. The molecule has 2 nitrogen and oxygen atoms in total. The predicted octanol–water partition coefficient (Wildman–Crippen LogP) is 8.13. The zero-order valence-electron chi connectivity index (χ0n) is 27.8. The Balaban J connectivity index is 1.35. The lowest BCUT2D eigenvalue weighted by Crippen LogP contribution is -2.68. The van der Waals surface area contributed by atoms with Crippen molar-refractivity contribution in [3.8, 4) is 5.75 Å². The summed E-state index contributed by atoms with van der Waals surface area (Å²) in [6, 6.07) is 52.3. The second-order valence-corrected chi connectivity index (χ2v) is 22.6. The number of hydrogen-bond donors (Lipinski definition) is 0. The standard InChI is InChI=1S/C41H48O2Si2/c1-40(2,3)44(36-21-11-7-12-22-36,37-23-13-8-14-24-37)42-33-19-20-34-29-31-35(32-30-34)43-45(41(4,5)6,38-25-15-9-16-26-38)39-27-17-10-18-28-39/h7-18,21-32H,19-20,33H2,1-6H3. The van der Waals surface area contributed by atoms with E-state index in [9.17, 15) is 0 Å². The number of aryl methyl sites for hydroxylation is 1. The molecule has 45 heavy (non-hydrogen) atoms. The summed E-state index contributed by atoms with van der Waals surface area (Å²) in [4.78, 5) is 0. The summed E-state index contributed by atoms with van der Waals surface area (Å²) in [5.74, 6) is 0.927. The van der Waals surface area contributed by atoms with Gasteiger partial charge in [0.2, 0.25) is 0 Å². The average Bonchev–Trinajstić information content (AvgIpc) is 3.05. The van der Waals surface area contributed by atoms with Crippen molar-refractivity contribution in [1.82, 2.24) is 0 Å². The molecule has 0 aliphatic heterocycles. The molecule has 0 unspecified atom stereocenters. The average molecular weight is 629 g/mol. The lowest BCUT2D eigenvalue weighted by molar-refractivity contribution is 0.292.